The van der Waals surface area contributed by atoms with E-state index in [-0.39, 0.29) is 11.1 Å². The van der Waals surface area contributed by atoms with Gasteiger partial charge in [0.2, 0.25) is 0 Å². The Morgan fingerprint density at radius 2 is 1.85 bits per heavy atom. The molecule has 0 heterocycles. The molecule has 1 rings (SSSR count). The van der Waals surface area contributed by atoms with Crippen molar-refractivity contribution in [1.29, 1.82) is 0 Å². The molecule has 1 aliphatic rings. The molecule has 0 aromatic carbocycles. The third kappa shape index (κ3) is 4.76. The number of Topliss-reactive ketones (excluding diaryl/α,β-unsaturated/α-hetero) is 1. The Morgan fingerprint density at radius 3 is 2.25 bits per heavy atom. The maximum atomic E-state index is 12.3. The van der Waals surface area contributed by atoms with E-state index in [1.807, 2.05) is 20.8 Å². The first-order chi connectivity index (χ1) is 9.22. The van der Waals surface area contributed by atoms with Crippen molar-refractivity contribution in [1.82, 2.24) is 5.32 Å². The average Bonchev–Trinajstić information content (AvgIpc) is 2.36. The SMILES string of the molecule is CCC1CCC(NC(=O)OC(C)(C)C)(C(=O)CBr)CC1. The van der Waals surface area contributed by atoms with E-state index in [1.165, 1.54) is 0 Å². The lowest BCUT2D eigenvalue weighted by Crippen LogP contribution is -2.57. The van der Waals surface area contributed by atoms with Gasteiger partial charge in [-0.3, -0.25) is 4.79 Å². The van der Waals surface area contributed by atoms with Crippen LogP contribution in [0.4, 0.5) is 4.79 Å². The summed E-state index contributed by atoms with van der Waals surface area (Å²) in [4.78, 5) is 24.3. The number of halogens is 1. The van der Waals surface area contributed by atoms with E-state index in [4.69, 9.17) is 4.74 Å². The lowest BCUT2D eigenvalue weighted by molar-refractivity contribution is -0.124. The van der Waals surface area contributed by atoms with Crippen molar-refractivity contribution in [3.63, 3.8) is 0 Å². The fraction of sp³-hybridized carbons (Fsp3) is 0.867. The number of hydrogen-bond acceptors (Lipinski definition) is 3. The van der Waals surface area contributed by atoms with E-state index in [2.05, 4.69) is 28.2 Å². The van der Waals surface area contributed by atoms with Gasteiger partial charge in [0, 0.05) is 0 Å². The summed E-state index contributed by atoms with van der Waals surface area (Å²) in [6, 6.07) is 0. The lowest BCUT2D eigenvalue weighted by Gasteiger charge is -2.39. The van der Waals surface area contributed by atoms with E-state index in [9.17, 15) is 9.59 Å². The molecule has 0 saturated heterocycles. The van der Waals surface area contributed by atoms with Gasteiger partial charge in [-0.2, -0.15) is 0 Å². The van der Waals surface area contributed by atoms with E-state index in [1.54, 1.807) is 0 Å². The number of rotatable bonds is 4. The summed E-state index contributed by atoms with van der Waals surface area (Å²) in [6.07, 6.45) is 3.99. The van der Waals surface area contributed by atoms with Crippen LogP contribution < -0.4 is 5.32 Å². The summed E-state index contributed by atoms with van der Waals surface area (Å²) >= 11 is 3.23. The van der Waals surface area contributed by atoms with Crippen molar-refractivity contribution < 1.29 is 14.3 Å². The number of alkyl carbamates (subject to hydrolysis) is 1. The predicted molar refractivity (Wildman–Crippen MR) is 83.2 cm³/mol. The summed E-state index contributed by atoms with van der Waals surface area (Å²) in [7, 11) is 0. The molecule has 0 aliphatic heterocycles. The number of ketones is 1. The van der Waals surface area contributed by atoms with Gasteiger partial charge in [-0.1, -0.05) is 29.3 Å². The highest BCUT2D eigenvalue weighted by atomic mass is 79.9. The molecular weight excluding hydrogens is 322 g/mol. The van der Waals surface area contributed by atoms with E-state index < -0.39 is 17.2 Å². The van der Waals surface area contributed by atoms with Gasteiger partial charge in [0.25, 0.3) is 0 Å². The van der Waals surface area contributed by atoms with Crippen LogP contribution in [0.3, 0.4) is 0 Å². The third-order valence-corrected chi connectivity index (χ3v) is 4.44. The minimum Gasteiger partial charge on any atom is -0.444 e. The van der Waals surface area contributed by atoms with Crippen LogP contribution in [0.15, 0.2) is 0 Å². The van der Waals surface area contributed by atoms with Gasteiger partial charge in [0.1, 0.15) is 11.1 Å². The second kappa shape index (κ2) is 6.92. The Kier molecular flexibility index (Phi) is 6.05. The number of carbonyl (C=O) groups is 2. The Hall–Kier alpha value is -0.580. The van der Waals surface area contributed by atoms with Crippen LogP contribution in [0.25, 0.3) is 0 Å². The lowest BCUT2D eigenvalue weighted by atomic mass is 9.74. The Morgan fingerprint density at radius 1 is 1.30 bits per heavy atom. The summed E-state index contributed by atoms with van der Waals surface area (Å²) in [5, 5.41) is 3.11. The fourth-order valence-electron chi connectivity index (χ4n) is 2.68. The molecule has 1 N–H and O–H groups in total. The zero-order chi connectivity index (χ0) is 15.4. The van der Waals surface area contributed by atoms with Crippen molar-refractivity contribution in [3.05, 3.63) is 0 Å². The topological polar surface area (TPSA) is 55.4 Å². The maximum Gasteiger partial charge on any atom is 0.408 e. The van der Waals surface area contributed by atoms with Gasteiger partial charge in [-0.05, 0) is 52.4 Å². The van der Waals surface area contributed by atoms with Crippen molar-refractivity contribution in [3.8, 4) is 0 Å². The van der Waals surface area contributed by atoms with E-state index >= 15 is 0 Å². The molecule has 0 aromatic rings. The molecule has 20 heavy (non-hydrogen) atoms. The highest BCUT2D eigenvalue weighted by Crippen LogP contribution is 2.35. The summed E-state index contributed by atoms with van der Waals surface area (Å²) < 4.78 is 5.30. The first kappa shape index (κ1) is 17.5. The minimum atomic E-state index is -0.752. The number of nitrogens with one attached hydrogen (secondary N) is 1. The molecule has 1 aliphatic carbocycles. The molecule has 0 aromatic heterocycles. The Balaban J connectivity index is 2.76. The van der Waals surface area contributed by atoms with Gasteiger partial charge < -0.3 is 10.1 Å². The largest absolute Gasteiger partial charge is 0.444 e. The van der Waals surface area contributed by atoms with Gasteiger partial charge in [0.15, 0.2) is 5.78 Å². The molecule has 116 valence electrons. The van der Waals surface area contributed by atoms with Gasteiger partial charge in [0.05, 0.1) is 5.33 Å². The normalized spacial score (nSPS) is 26.9. The van der Waals surface area contributed by atoms with Gasteiger partial charge >= 0.3 is 6.09 Å². The molecule has 0 spiro atoms. The Labute approximate surface area is 130 Å². The van der Waals surface area contributed by atoms with E-state index in [0.29, 0.717) is 18.8 Å². The van der Waals surface area contributed by atoms with Crippen LogP contribution in [0.1, 0.15) is 59.8 Å². The Bertz CT molecular complexity index is 355. The monoisotopic (exact) mass is 347 g/mol. The van der Waals surface area contributed by atoms with Gasteiger partial charge in [-0.15, -0.1) is 0 Å². The molecule has 0 radical (unpaired) electrons. The molecule has 1 saturated carbocycles. The highest BCUT2D eigenvalue weighted by Gasteiger charge is 2.42. The van der Waals surface area contributed by atoms with Crippen LogP contribution in [-0.4, -0.2) is 28.3 Å². The van der Waals surface area contributed by atoms with Crippen molar-refractivity contribution in [2.75, 3.05) is 5.33 Å². The molecule has 5 heteroatoms. The van der Waals surface area contributed by atoms with Gasteiger partial charge in [-0.25, -0.2) is 4.79 Å². The van der Waals surface area contributed by atoms with Crippen molar-refractivity contribution in [2.45, 2.75) is 70.9 Å². The molecular formula is C15H26BrNO3. The zero-order valence-electron chi connectivity index (χ0n) is 12.9. The zero-order valence-corrected chi connectivity index (χ0v) is 14.5. The molecule has 0 unspecified atom stereocenters. The minimum absolute atomic E-state index is 0.0397. The predicted octanol–water partition coefficient (Wildman–Crippen LogP) is 3.81. The molecule has 1 fully saturated rings. The van der Waals surface area contributed by atoms with Crippen LogP contribution in [0.2, 0.25) is 0 Å². The second-order valence-electron chi connectivity index (χ2n) is 6.62. The number of carbonyl (C=O) groups excluding carboxylic acids is 2. The molecule has 1 amide bonds. The van der Waals surface area contributed by atoms with Crippen LogP contribution >= 0.6 is 15.9 Å². The molecule has 0 atom stereocenters. The number of amides is 1. The number of alkyl halides is 1. The smallest absolute Gasteiger partial charge is 0.408 e. The van der Waals surface area contributed by atoms with Crippen LogP contribution in [-0.2, 0) is 9.53 Å². The maximum absolute atomic E-state index is 12.3. The summed E-state index contributed by atoms with van der Waals surface area (Å²) in [5.41, 5.74) is -1.30. The van der Waals surface area contributed by atoms with Crippen molar-refractivity contribution in [2.24, 2.45) is 5.92 Å². The number of hydrogen-bond donors (Lipinski definition) is 1. The molecule has 4 nitrogen and oxygen atoms in total. The third-order valence-electron chi connectivity index (χ3n) is 3.93. The fourth-order valence-corrected chi connectivity index (χ4v) is 3.22. The van der Waals surface area contributed by atoms with Crippen molar-refractivity contribution >= 4 is 27.8 Å². The summed E-state index contributed by atoms with van der Waals surface area (Å²) in [6.45, 7) is 7.63. The second-order valence-corrected chi connectivity index (χ2v) is 7.18. The average molecular weight is 348 g/mol. The van der Waals surface area contributed by atoms with E-state index in [0.717, 1.165) is 19.3 Å². The standard InChI is InChI=1S/C15H26BrNO3/c1-5-11-6-8-15(9-7-11,12(18)10-16)17-13(19)20-14(2,3)4/h11H,5-10H2,1-4H3,(H,17,19). The first-order valence-corrected chi connectivity index (χ1v) is 8.45. The quantitative estimate of drug-likeness (QED) is 0.786. The summed E-state index contributed by atoms with van der Waals surface area (Å²) in [5.74, 6) is 0.699. The highest BCUT2D eigenvalue weighted by molar-refractivity contribution is 9.09. The number of ether oxygens (including phenoxy) is 1. The van der Waals surface area contributed by atoms with Crippen LogP contribution in [0, 0.1) is 5.92 Å². The first-order valence-electron chi connectivity index (χ1n) is 7.33. The molecule has 0 bridgehead atoms. The van der Waals surface area contributed by atoms with Crippen LogP contribution in [0.5, 0.6) is 0 Å².